The second-order valence-corrected chi connectivity index (χ2v) is 15.9. The molecule has 17 heteroatoms. The summed E-state index contributed by atoms with van der Waals surface area (Å²) in [4.78, 5) is 60.0. The predicted octanol–water partition coefficient (Wildman–Crippen LogP) is 1.51. The summed E-state index contributed by atoms with van der Waals surface area (Å²) in [5.74, 6) is -1.13. The number of hydrogen-bond donors (Lipinski definition) is 7. The third-order valence-electron chi connectivity index (χ3n) is 6.60. The number of unbranched alkanes of at least 4 members (excludes halogenated alkanes) is 2. The van der Waals surface area contributed by atoms with E-state index in [0.29, 0.717) is 36.9 Å². The van der Waals surface area contributed by atoms with Gasteiger partial charge in [-0.25, -0.2) is 4.79 Å². The van der Waals surface area contributed by atoms with E-state index in [1.54, 1.807) is 43.2 Å². The van der Waals surface area contributed by atoms with Crippen LogP contribution in [0.1, 0.15) is 70.6 Å². The molecule has 0 aliphatic carbocycles. The van der Waals surface area contributed by atoms with E-state index in [1.165, 1.54) is 0 Å². The number of alkyl carbamates (subject to hydrolysis) is 1. The molecule has 2 saturated heterocycles. The molecule has 0 aromatic carbocycles. The van der Waals surface area contributed by atoms with Crippen LogP contribution in [0.4, 0.5) is 4.79 Å². The molecule has 0 aromatic heterocycles. The molecule has 0 bridgehead atoms. The molecule has 0 aromatic rings. The fourth-order valence-corrected chi connectivity index (χ4v) is 6.52. The van der Waals surface area contributed by atoms with Gasteiger partial charge < -0.3 is 37.9 Å². The number of amides is 5. The van der Waals surface area contributed by atoms with E-state index in [2.05, 4.69) is 21.3 Å². The van der Waals surface area contributed by atoms with Gasteiger partial charge in [0, 0.05) is 44.9 Å². The number of carbonyl (C=O) groups excluding carboxylic acids is 5. The SMILES string of the molecule is NCCNC(=O)OC(CCC(=O)NCCCCC(CC1SS1)C(N)=O)CCC(=O)NCCCCC(NC1SS1)C(N)=O. The normalized spacial score (nSPS) is 16.6. The molecule has 42 heavy (non-hydrogen) atoms. The molecule has 0 saturated carbocycles. The van der Waals surface area contributed by atoms with Crippen molar-refractivity contribution in [3.8, 4) is 0 Å². The summed E-state index contributed by atoms with van der Waals surface area (Å²) in [6, 6.07) is -0.377. The van der Waals surface area contributed by atoms with Crippen molar-refractivity contribution in [3.05, 3.63) is 0 Å². The first kappa shape index (κ1) is 36.7. The minimum Gasteiger partial charge on any atom is -0.446 e. The summed E-state index contributed by atoms with van der Waals surface area (Å²) in [6.07, 6.45) is 4.63. The molecule has 240 valence electrons. The Morgan fingerprint density at radius 1 is 0.714 bits per heavy atom. The van der Waals surface area contributed by atoms with Gasteiger partial charge in [-0.3, -0.25) is 24.5 Å². The minimum absolute atomic E-state index is 0.129. The van der Waals surface area contributed by atoms with E-state index in [-0.39, 0.29) is 79.1 Å². The van der Waals surface area contributed by atoms with Gasteiger partial charge >= 0.3 is 6.09 Å². The first-order chi connectivity index (χ1) is 20.2. The lowest BCUT2D eigenvalue weighted by Gasteiger charge is -2.18. The fourth-order valence-electron chi connectivity index (χ4n) is 4.12. The molecule has 3 unspecified atom stereocenters. The van der Waals surface area contributed by atoms with Gasteiger partial charge in [-0.2, -0.15) is 0 Å². The largest absolute Gasteiger partial charge is 0.446 e. The lowest BCUT2D eigenvalue weighted by Crippen LogP contribution is -2.41. The number of nitrogens with one attached hydrogen (secondary N) is 4. The molecule has 0 spiro atoms. The van der Waals surface area contributed by atoms with E-state index in [0.717, 1.165) is 25.7 Å². The van der Waals surface area contributed by atoms with E-state index >= 15 is 0 Å². The monoisotopic (exact) mass is 667 g/mol. The quantitative estimate of drug-likeness (QED) is 0.0418. The third-order valence-corrected chi connectivity index (χ3v) is 10.7. The van der Waals surface area contributed by atoms with E-state index in [1.807, 2.05) is 0 Å². The lowest BCUT2D eigenvalue weighted by molar-refractivity contribution is -0.123. The molecule has 13 nitrogen and oxygen atoms in total. The Hall–Kier alpha value is -1.53. The van der Waals surface area contributed by atoms with Gasteiger partial charge in [0.1, 0.15) is 10.8 Å². The first-order valence-corrected chi connectivity index (χ1v) is 18.9. The molecule has 2 aliphatic rings. The van der Waals surface area contributed by atoms with E-state index < -0.39 is 12.2 Å². The zero-order chi connectivity index (χ0) is 30.7. The van der Waals surface area contributed by atoms with Crippen LogP contribution in [0.5, 0.6) is 0 Å². The van der Waals surface area contributed by atoms with Crippen LogP contribution < -0.4 is 38.5 Å². The molecule has 10 N–H and O–H groups in total. The Kier molecular flexibility index (Phi) is 18.5. The summed E-state index contributed by atoms with van der Waals surface area (Å²) >= 11 is 0. The van der Waals surface area contributed by atoms with Gasteiger partial charge in [-0.1, -0.05) is 49.6 Å². The minimum atomic E-state index is -0.640. The second-order valence-electron chi connectivity index (χ2n) is 10.1. The zero-order valence-electron chi connectivity index (χ0n) is 23.8. The van der Waals surface area contributed by atoms with Crippen LogP contribution >= 0.6 is 43.2 Å². The fraction of sp³-hybridized carbons (Fsp3) is 0.800. The van der Waals surface area contributed by atoms with Crippen LogP contribution in [-0.4, -0.2) is 77.3 Å². The lowest BCUT2D eigenvalue weighted by atomic mass is 9.98. The van der Waals surface area contributed by atoms with Crippen LogP contribution in [0.25, 0.3) is 0 Å². The van der Waals surface area contributed by atoms with Crippen LogP contribution in [0, 0.1) is 5.92 Å². The second kappa shape index (κ2) is 21.2. The molecule has 2 fully saturated rings. The average Bonchev–Trinajstić information content (AvgIpc) is 3.88. The molecular weight excluding hydrogens is 623 g/mol. The van der Waals surface area contributed by atoms with Crippen LogP contribution in [0.3, 0.4) is 0 Å². The van der Waals surface area contributed by atoms with E-state index in [9.17, 15) is 24.0 Å². The van der Waals surface area contributed by atoms with Crippen LogP contribution in [-0.2, 0) is 23.9 Å². The highest BCUT2D eigenvalue weighted by atomic mass is 33.2. The van der Waals surface area contributed by atoms with Crippen molar-refractivity contribution in [1.82, 2.24) is 21.3 Å². The summed E-state index contributed by atoms with van der Waals surface area (Å²) < 4.78 is 6.14. The molecular formula is C25H45N7O6S4. The smallest absolute Gasteiger partial charge is 0.407 e. The highest BCUT2D eigenvalue weighted by Crippen LogP contribution is 2.56. The van der Waals surface area contributed by atoms with Crippen molar-refractivity contribution in [2.45, 2.75) is 92.1 Å². The molecule has 3 atom stereocenters. The van der Waals surface area contributed by atoms with Gasteiger partial charge in [0.25, 0.3) is 0 Å². The topological polar surface area (TPSA) is 221 Å². The molecule has 2 aliphatic heterocycles. The van der Waals surface area contributed by atoms with Crippen molar-refractivity contribution >= 4 is 72.9 Å². The maximum Gasteiger partial charge on any atom is 0.407 e. The van der Waals surface area contributed by atoms with Gasteiger partial charge in [0.2, 0.25) is 23.6 Å². The summed E-state index contributed by atoms with van der Waals surface area (Å²) in [5.41, 5.74) is 16.4. The van der Waals surface area contributed by atoms with Gasteiger partial charge in [-0.15, -0.1) is 0 Å². The number of ether oxygens (including phenoxy) is 1. The summed E-state index contributed by atoms with van der Waals surface area (Å²) in [7, 11) is 6.84. The average molecular weight is 668 g/mol. The molecule has 2 heterocycles. The third kappa shape index (κ3) is 18.2. The van der Waals surface area contributed by atoms with Crippen molar-refractivity contribution in [3.63, 3.8) is 0 Å². The Balaban J connectivity index is 1.63. The number of primary amides is 2. The van der Waals surface area contributed by atoms with Crippen LogP contribution in [0.2, 0.25) is 0 Å². The van der Waals surface area contributed by atoms with Crippen molar-refractivity contribution in [2.75, 3.05) is 26.2 Å². The van der Waals surface area contributed by atoms with Crippen molar-refractivity contribution in [1.29, 1.82) is 0 Å². The van der Waals surface area contributed by atoms with Crippen molar-refractivity contribution < 1.29 is 28.7 Å². The maximum atomic E-state index is 12.4. The highest BCUT2D eigenvalue weighted by Gasteiger charge is 2.30. The Morgan fingerprint density at radius 3 is 1.81 bits per heavy atom. The predicted molar refractivity (Wildman–Crippen MR) is 171 cm³/mol. The molecule has 5 amide bonds. The molecule has 2 rings (SSSR count). The van der Waals surface area contributed by atoms with Crippen LogP contribution in [0.15, 0.2) is 0 Å². The number of rotatable bonds is 25. The maximum absolute atomic E-state index is 12.4. The number of carbonyl (C=O) groups is 5. The Bertz CT molecular complexity index is 824. The standard InChI is InChI=1S/C25H45N7O6S4/c26-11-14-31-24(37)38-17(7-9-19(33)29-12-3-1-5-16(22(27)35)15-21-39-40-21)8-10-20(34)30-13-4-2-6-18(23(28)36)32-25-41-42-25/h16-18,21,25,32H,1-15,26H2,(H2,27,35)(H2,28,36)(H,29,33)(H,30,34)(H,31,37). The number of nitrogens with two attached hydrogens (primary N) is 3. The van der Waals surface area contributed by atoms with Gasteiger partial charge in [-0.05, 0) is 51.4 Å². The first-order valence-electron chi connectivity index (χ1n) is 14.3. The summed E-state index contributed by atoms with van der Waals surface area (Å²) in [5, 5.41) is 11.4. The molecule has 0 radical (unpaired) electrons. The van der Waals surface area contributed by atoms with Gasteiger partial charge in [0.05, 0.1) is 10.6 Å². The Labute approximate surface area is 263 Å². The zero-order valence-corrected chi connectivity index (χ0v) is 27.1. The van der Waals surface area contributed by atoms with Gasteiger partial charge in [0.15, 0.2) is 0 Å². The van der Waals surface area contributed by atoms with E-state index in [4.69, 9.17) is 21.9 Å². The summed E-state index contributed by atoms with van der Waals surface area (Å²) in [6.45, 7) is 1.46. The highest BCUT2D eigenvalue weighted by molar-refractivity contribution is 8.93. The van der Waals surface area contributed by atoms with Crippen molar-refractivity contribution in [2.24, 2.45) is 23.1 Å². The number of hydrogen-bond acceptors (Lipinski definition) is 12. The Morgan fingerprint density at radius 2 is 1.31 bits per heavy atom.